The SMILES string of the molecule is CCCOc1ccc(Cl)c(OC)c1S. The van der Waals surface area contributed by atoms with Crippen molar-refractivity contribution in [2.24, 2.45) is 0 Å². The Balaban J connectivity index is 2.96. The first-order chi connectivity index (χ1) is 6.70. The number of benzene rings is 1. The zero-order valence-electron chi connectivity index (χ0n) is 8.21. The Labute approximate surface area is 94.6 Å². The minimum absolute atomic E-state index is 0.543. The summed E-state index contributed by atoms with van der Waals surface area (Å²) in [4.78, 5) is 0.647. The molecule has 0 radical (unpaired) electrons. The zero-order chi connectivity index (χ0) is 10.6. The van der Waals surface area contributed by atoms with Crippen LogP contribution in [-0.2, 0) is 0 Å². The number of thiol groups is 1. The molecule has 0 saturated heterocycles. The molecular formula is C10H13ClO2S. The summed E-state index contributed by atoms with van der Waals surface area (Å²) in [5.41, 5.74) is 0. The maximum Gasteiger partial charge on any atom is 0.154 e. The van der Waals surface area contributed by atoms with Gasteiger partial charge in [0.25, 0.3) is 0 Å². The smallest absolute Gasteiger partial charge is 0.154 e. The van der Waals surface area contributed by atoms with Gasteiger partial charge in [0.2, 0.25) is 0 Å². The highest BCUT2D eigenvalue weighted by Crippen LogP contribution is 2.37. The summed E-state index contributed by atoms with van der Waals surface area (Å²) in [6.45, 7) is 2.71. The van der Waals surface area contributed by atoms with Crippen molar-refractivity contribution in [2.45, 2.75) is 18.2 Å². The van der Waals surface area contributed by atoms with E-state index in [0.29, 0.717) is 28.0 Å². The lowest BCUT2D eigenvalue weighted by Gasteiger charge is -2.11. The lowest BCUT2D eigenvalue weighted by molar-refractivity contribution is 0.305. The lowest BCUT2D eigenvalue weighted by atomic mass is 10.3. The largest absolute Gasteiger partial charge is 0.494 e. The van der Waals surface area contributed by atoms with Crippen molar-refractivity contribution < 1.29 is 9.47 Å². The molecule has 0 aromatic heterocycles. The number of rotatable bonds is 4. The molecule has 0 atom stereocenters. The minimum atomic E-state index is 0.543. The standard InChI is InChI=1S/C10H13ClO2S/c1-3-6-13-8-5-4-7(11)9(12-2)10(8)14/h4-5,14H,3,6H2,1-2H3. The van der Waals surface area contributed by atoms with Gasteiger partial charge in [0.15, 0.2) is 5.75 Å². The van der Waals surface area contributed by atoms with Crippen LogP contribution in [0.5, 0.6) is 11.5 Å². The topological polar surface area (TPSA) is 18.5 Å². The van der Waals surface area contributed by atoms with Crippen LogP contribution >= 0.6 is 24.2 Å². The summed E-state index contributed by atoms with van der Waals surface area (Å²) in [6, 6.07) is 3.54. The van der Waals surface area contributed by atoms with Gasteiger partial charge in [0.1, 0.15) is 5.75 Å². The first-order valence-corrected chi connectivity index (χ1v) is 5.21. The van der Waals surface area contributed by atoms with Gasteiger partial charge in [-0.2, -0.15) is 0 Å². The van der Waals surface area contributed by atoms with Crippen LogP contribution < -0.4 is 9.47 Å². The third-order valence-electron chi connectivity index (χ3n) is 1.71. The van der Waals surface area contributed by atoms with Crippen molar-refractivity contribution in [1.29, 1.82) is 0 Å². The second-order valence-corrected chi connectivity index (χ2v) is 3.63. The van der Waals surface area contributed by atoms with E-state index in [2.05, 4.69) is 12.6 Å². The van der Waals surface area contributed by atoms with Gasteiger partial charge in [-0.05, 0) is 18.6 Å². The van der Waals surface area contributed by atoms with E-state index in [0.717, 1.165) is 6.42 Å². The fraction of sp³-hybridized carbons (Fsp3) is 0.400. The molecule has 1 aromatic rings. The highest BCUT2D eigenvalue weighted by atomic mass is 35.5. The average molecular weight is 233 g/mol. The van der Waals surface area contributed by atoms with Gasteiger partial charge in [0, 0.05) is 0 Å². The van der Waals surface area contributed by atoms with Crippen molar-refractivity contribution >= 4 is 24.2 Å². The lowest BCUT2D eigenvalue weighted by Crippen LogP contribution is -1.97. The second-order valence-electron chi connectivity index (χ2n) is 2.78. The third kappa shape index (κ3) is 2.49. The molecule has 0 aliphatic carbocycles. The van der Waals surface area contributed by atoms with Crippen molar-refractivity contribution in [3.8, 4) is 11.5 Å². The number of hydrogen-bond donors (Lipinski definition) is 1. The van der Waals surface area contributed by atoms with Gasteiger partial charge in [-0.25, -0.2) is 0 Å². The zero-order valence-corrected chi connectivity index (χ0v) is 9.86. The predicted octanol–water partition coefficient (Wildman–Crippen LogP) is 3.43. The van der Waals surface area contributed by atoms with Crippen LogP contribution in [0.1, 0.15) is 13.3 Å². The van der Waals surface area contributed by atoms with Crippen LogP contribution in [0, 0.1) is 0 Å². The monoisotopic (exact) mass is 232 g/mol. The molecule has 0 bridgehead atoms. The van der Waals surface area contributed by atoms with Crippen LogP contribution in [0.4, 0.5) is 0 Å². The molecule has 1 rings (SSSR count). The Morgan fingerprint density at radius 2 is 2.14 bits per heavy atom. The van der Waals surface area contributed by atoms with Crippen molar-refractivity contribution in [3.05, 3.63) is 17.2 Å². The Morgan fingerprint density at radius 1 is 1.43 bits per heavy atom. The van der Waals surface area contributed by atoms with E-state index < -0.39 is 0 Å². The van der Waals surface area contributed by atoms with Crippen LogP contribution in [0.3, 0.4) is 0 Å². The first kappa shape index (κ1) is 11.5. The van der Waals surface area contributed by atoms with Crippen molar-refractivity contribution in [1.82, 2.24) is 0 Å². The number of methoxy groups -OCH3 is 1. The molecule has 14 heavy (non-hydrogen) atoms. The molecular weight excluding hydrogens is 220 g/mol. The van der Waals surface area contributed by atoms with E-state index >= 15 is 0 Å². The average Bonchev–Trinajstić information content (AvgIpc) is 2.18. The predicted molar refractivity (Wildman–Crippen MR) is 61.0 cm³/mol. The Kier molecular flexibility index (Phi) is 4.42. The first-order valence-electron chi connectivity index (χ1n) is 4.39. The van der Waals surface area contributed by atoms with Gasteiger partial charge >= 0.3 is 0 Å². The van der Waals surface area contributed by atoms with Crippen LogP contribution in [0.25, 0.3) is 0 Å². The highest BCUT2D eigenvalue weighted by Gasteiger charge is 2.10. The van der Waals surface area contributed by atoms with Gasteiger partial charge in [-0.1, -0.05) is 18.5 Å². The van der Waals surface area contributed by atoms with Crippen LogP contribution in [0.15, 0.2) is 17.0 Å². The number of ether oxygens (including phenoxy) is 2. The fourth-order valence-electron chi connectivity index (χ4n) is 1.05. The summed E-state index contributed by atoms with van der Waals surface area (Å²) >= 11 is 10.2. The molecule has 0 N–H and O–H groups in total. The highest BCUT2D eigenvalue weighted by molar-refractivity contribution is 7.80. The summed E-state index contributed by atoms with van der Waals surface area (Å²) < 4.78 is 10.6. The molecule has 4 heteroatoms. The Morgan fingerprint density at radius 3 is 2.71 bits per heavy atom. The van der Waals surface area contributed by atoms with Gasteiger partial charge in [0.05, 0.1) is 23.6 Å². The molecule has 0 aliphatic rings. The van der Waals surface area contributed by atoms with E-state index in [1.54, 1.807) is 19.2 Å². The summed E-state index contributed by atoms with van der Waals surface area (Å²) in [5.74, 6) is 1.26. The molecule has 0 unspecified atom stereocenters. The van der Waals surface area contributed by atoms with E-state index in [4.69, 9.17) is 21.1 Å². The van der Waals surface area contributed by atoms with E-state index in [1.807, 2.05) is 6.92 Å². The van der Waals surface area contributed by atoms with E-state index in [1.165, 1.54) is 0 Å². The van der Waals surface area contributed by atoms with Crippen LogP contribution in [-0.4, -0.2) is 13.7 Å². The molecule has 2 nitrogen and oxygen atoms in total. The quantitative estimate of drug-likeness (QED) is 0.802. The van der Waals surface area contributed by atoms with Crippen molar-refractivity contribution in [3.63, 3.8) is 0 Å². The molecule has 0 aliphatic heterocycles. The fourth-order valence-corrected chi connectivity index (χ4v) is 1.70. The molecule has 0 spiro atoms. The molecule has 0 heterocycles. The summed E-state index contributed by atoms with van der Waals surface area (Å²) in [6.07, 6.45) is 0.957. The number of hydrogen-bond acceptors (Lipinski definition) is 3. The molecule has 1 aromatic carbocycles. The van der Waals surface area contributed by atoms with Gasteiger partial charge in [-0.3, -0.25) is 0 Å². The number of halogens is 1. The third-order valence-corrected chi connectivity index (χ3v) is 2.43. The Bertz CT molecular complexity index is 315. The van der Waals surface area contributed by atoms with Crippen molar-refractivity contribution in [2.75, 3.05) is 13.7 Å². The normalized spacial score (nSPS) is 10.0. The van der Waals surface area contributed by atoms with E-state index in [9.17, 15) is 0 Å². The van der Waals surface area contributed by atoms with Gasteiger partial charge < -0.3 is 9.47 Å². The maximum atomic E-state index is 5.91. The maximum absolute atomic E-state index is 5.91. The van der Waals surface area contributed by atoms with E-state index in [-0.39, 0.29) is 0 Å². The van der Waals surface area contributed by atoms with Crippen LogP contribution in [0.2, 0.25) is 5.02 Å². The van der Waals surface area contributed by atoms with Gasteiger partial charge in [-0.15, -0.1) is 12.6 Å². The molecule has 78 valence electrons. The minimum Gasteiger partial charge on any atom is -0.494 e. The molecule has 0 amide bonds. The second kappa shape index (κ2) is 5.37. The summed E-state index contributed by atoms with van der Waals surface area (Å²) in [7, 11) is 1.56. The Hall–Kier alpha value is -0.540. The molecule has 0 saturated carbocycles. The summed E-state index contributed by atoms with van der Waals surface area (Å²) in [5, 5.41) is 0.543. The molecule has 0 fully saturated rings.